The first-order valence-corrected chi connectivity index (χ1v) is 8.43. The smallest absolute Gasteiger partial charge is 0.141 e. The lowest BCUT2D eigenvalue weighted by Gasteiger charge is -2.20. The van der Waals surface area contributed by atoms with Crippen molar-refractivity contribution in [3.63, 3.8) is 0 Å². The lowest BCUT2D eigenvalue weighted by Crippen LogP contribution is -2.22. The Hall–Kier alpha value is -2.26. The molecule has 2 aromatic rings. The molecule has 0 aromatic heterocycles. The van der Waals surface area contributed by atoms with Gasteiger partial charge in [0.25, 0.3) is 0 Å². The van der Waals surface area contributed by atoms with E-state index < -0.39 is 6.10 Å². The standard InChI is InChI=1S/C21H25NO2/c1-14-15(2)19(18-9-5-4-8-17(14)18)12-16(23)13-22-20-10-6-7-11-21(20)24-3/h4-11,16,19,22-23H,12-13H2,1-3H3/t16-,19+/m1/s1. The van der Waals surface area contributed by atoms with Gasteiger partial charge in [-0.1, -0.05) is 42.0 Å². The van der Waals surface area contributed by atoms with Gasteiger partial charge in [0, 0.05) is 12.5 Å². The molecule has 24 heavy (non-hydrogen) atoms. The summed E-state index contributed by atoms with van der Waals surface area (Å²) >= 11 is 0. The minimum absolute atomic E-state index is 0.302. The number of allylic oxidation sites excluding steroid dienone is 2. The average molecular weight is 323 g/mol. The number of hydrogen-bond donors (Lipinski definition) is 2. The fraction of sp³-hybridized carbons (Fsp3) is 0.333. The molecule has 3 heteroatoms. The number of methoxy groups -OCH3 is 1. The molecule has 2 atom stereocenters. The summed E-state index contributed by atoms with van der Waals surface area (Å²) in [6, 6.07) is 16.3. The molecule has 1 aliphatic carbocycles. The molecule has 0 heterocycles. The topological polar surface area (TPSA) is 41.5 Å². The Bertz CT molecular complexity index is 751. The number of ether oxygens (including phenoxy) is 1. The van der Waals surface area contributed by atoms with Gasteiger partial charge in [-0.25, -0.2) is 0 Å². The molecular weight excluding hydrogens is 298 g/mol. The summed E-state index contributed by atoms with van der Waals surface area (Å²) in [5.74, 6) is 1.10. The van der Waals surface area contributed by atoms with E-state index in [1.807, 2.05) is 24.3 Å². The molecular formula is C21H25NO2. The van der Waals surface area contributed by atoms with Gasteiger partial charge in [0.2, 0.25) is 0 Å². The Morgan fingerprint density at radius 2 is 1.79 bits per heavy atom. The summed E-state index contributed by atoms with van der Waals surface area (Å²) < 4.78 is 5.34. The summed E-state index contributed by atoms with van der Waals surface area (Å²) in [5.41, 5.74) is 6.29. The molecule has 126 valence electrons. The third kappa shape index (κ3) is 3.17. The number of hydrogen-bond acceptors (Lipinski definition) is 3. The Morgan fingerprint density at radius 3 is 2.58 bits per heavy atom. The van der Waals surface area contributed by atoms with Crippen LogP contribution in [0, 0.1) is 0 Å². The maximum absolute atomic E-state index is 10.5. The van der Waals surface area contributed by atoms with E-state index in [1.165, 1.54) is 22.3 Å². The van der Waals surface area contributed by atoms with Crippen molar-refractivity contribution in [3.05, 3.63) is 65.2 Å². The lowest BCUT2D eigenvalue weighted by molar-refractivity contribution is 0.172. The Kier molecular flexibility index (Phi) is 4.91. The van der Waals surface area contributed by atoms with Crippen LogP contribution in [0.25, 0.3) is 5.57 Å². The van der Waals surface area contributed by atoms with E-state index in [2.05, 4.69) is 43.4 Å². The second-order valence-electron chi connectivity index (χ2n) is 6.42. The Morgan fingerprint density at radius 1 is 1.08 bits per heavy atom. The Labute approximate surface area is 144 Å². The first-order chi connectivity index (χ1) is 11.6. The molecule has 0 aliphatic heterocycles. The average Bonchev–Trinajstić information content (AvgIpc) is 2.85. The highest BCUT2D eigenvalue weighted by Crippen LogP contribution is 2.43. The van der Waals surface area contributed by atoms with Crippen molar-refractivity contribution in [3.8, 4) is 5.75 Å². The molecule has 0 radical (unpaired) electrons. The normalized spacial score (nSPS) is 17.6. The van der Waals surface area contributed by atoms with Crippen molar-refractivity contribution in [2.24, 2.45) is 0 Å². The monoisotopic (exact) mass is 323 g/mol. The second-order valence-corrected chi connectivity index (χ2v) is 6.42. The number of aliphatic hydroxyl groups excluding tert-OH is 1. The highest BCUT2D eigenvalue weighted by molar-refractivity contribution is 5.76. The van der Waals surface area contributed by atoms with Gasteiger partial charge in [-0.05, 0) is 49.1 Å². The molecule has 2 aromatic carbocycles. The van der Waals surface area contributed by atoms with Crippen molar-refractivity contribution >= 4 is 11.3 Å². The summed E-state index contributed by atoms with van der Waals surface area (Å²) in [5, 5.41) is 13.8. The minimum atomic E-state index is -0.422. The minimum Gasteiger partial charge on any atom is -0.495 e. The molecule has 3 rings (SSSR count). The first kappa shape index (κ1) is 16.6. The highest BCUT2D eigenvalue weighted by atomic mass is 16.5. The number of anilines is 1. The van der Waals surface area contributed by atoms with E-state index >= 15 is 0 Å². The molecule has 0 saturated heterocycles. The van der Waals surface area contributed by atoms with E-state index in [4.69, 9.17) is 4.74 Å². The van der Waals surface area contributed by atoms with Crippen LogP contribution < -0.4 is 10.1 Å². The largest absolute Gasteiger partial charge is 0.495 e. The van der Waals surface area contributed by atoms with Gasteiger partial charge in [-0.15, -0.1) is 0 Å². The van der Waals surface area contributed by atoms with Crippen molar-refractivity contribution in [1.82, 2.24) is 0 Å². The molecule has 1 aliphatic rings. The predicted molar refractivity (Wildman–Crippen MR) is 99.6 cm³/mol. The first-order valence-electron chi connectivity index (χ1n) is 8.43. The number of fused-ring (bicyclic) bond motifs is 1. The van der Waals surface area contributed by atoms with Gasteiger partial charge in [-0.3, -0.25) is 0 Å². The molecule has 2 N–H and O–H groups in total. The van der Waals surface area contributed by atoms with E-state index in [9.17, 15) is 5.11 Å². The summed E-state index contributed by atoms with van der Waals surface area (Å²) in [7, 11) is 1.66. The van der Waals surface area contributed by atoms with Gasteiger partial charge >= 0.3 is 0 Å². The molecule has 0 bridgehead atoms. The van der Waals surface area contributed by atoms with Crippen LogP contribution in [0.15, 0.2) is 54.1 Å². The van der Waals surface area contributed by atoms with Gasteiger partial charge in [-0.2, -0.15) is 0 Å². The van der Waals surface area contributed by atoms with Crippen molar-refractivity contribution < 1.29 is 9.84 Å². The molecule has 0 unspecified atom stereocenters. The third-order valence-electron chi connectivity index (χ3n) is 5.00. The van der Waals surface area contributed by atoms with E-state index in [0.29, 0.717) is 12.5 Å². The van der Waals surface area contributed by atoms with Crippen LogP contribution in [0.3, 0.4) is 0 Å². The molecule has 0 saturated carbocycles. The van der Waals surface area contributed by atoms with Crippen molar-refractivity contribution in [1.29, 1.82) is 0 Å². The maximum atomic E-state index is 10.5. The lowest BCUT2D eigenvalue weighted by atomic mass is 9.91. The quantitative estimate of drug-likeness (QED) is 0.825. The number of para-hydroxylation sites is 2. The zero-order valence-electron chi connectivity index (χ0n) is 14.5. The summed E-state index contributed by atoms with van der Waals surface area (Å²) in [6.07, 6.45) is 0.302. The van der Waals surface area contributed by atoms with Crippen LogP contribution in [-0.4, -0.2) is 24.9 Å². The molecule has 3 nitrogen and oxygen atoms in total. The number of rotatable bonds is 6. The maximum Gasteiger partial charge on any atom is 0.141 e. The number of nitrogens with one attached hydrogen (secondary N) is 1. The molecule has 0 fully saturated rings. The zero-order chi connectivity index (χ0) is 17.1. The van der Waals surface area contributed by atoms with Crippen LogP contribution in [0.1, 0.15) is 37.3 Å². The van der Waals surface area contributed by atoms with Gasteiger partial charge in [0.05, 0.1) is 18.9 Å². The molecule has 0 amide bonds. The Balaban J connectivity index is 1.66. The SMILES string of the molecule is COc1ccccc1NC[C@H](O)C[C@H]1C(C)=C(C)c2ccccc21. The van der Waals surface area contributed by atoms with Gasteiger partial charge in [0.15, 0.2) is 0 Å². The van der Waals surface area contributed by atoms with E-state index in [1.54, 1.807) is 7.11 Å². The van der Waals surface area contributed by atoms with Crippen LogP contribution in [0.5, 0.6) is 5.75 Å². The van der Waals surface area contributed by atoms with Gasteiger partial charge in [0.1, 0.15) is 5.75 Å². The van der Waals surface area contributed by atoms with Gasteiger partial charge < -0.3 is 15.2 Å². The van der Waals surface area contributed by atoms with Crippen LogP contribution >= 0.6 is 0 Å². The highest BCUT2D eigenvalue weighted by Gasteiger charge is 2.27. The zero-order valence-corrected chi connectivity index (χ0v) is 14.5. The summed E-state index contributed by atoms with van der Waals surface area (Å²) in [4.78, 5) is 0. The van der Waals surface area contributed by atoms with Crippen molar-refractivity contribution in [2.75, 3.05) is 19.0 Å². The fourth-order valence-corrected chi connectivity index (χ4v) is 3.53. The van der Waals surface area contributed by atoms with Crippen molar-refractivity contribution in [2.45, 2.75) is 32.3 Å². The van der Waals surface area contributed by atoms with Crippen LogP contribution in [0.2, 0.25) is 0 Å². The number of aliphatic hydroxyl groups is 1. The predicted octanol–water partition coefficient (Wildman–Crippen LogP) is 4.45. The van der Waals surface area contributed by atoms with E-state index in [-0.39, 0.29) is 0 Å². The van der Waals surface area contributed by atoms with Crippen LogP contribution in [-0.2, 0) is 0 Å². The number of benzene rings is 2. The third-order valence-corrected chi connectivity index (χ3v) is 5.00. The van der Waals surface area contributed by atoms with Crippen LogP contribution in [0.4, 0.5) is 5.69 Å². The second kappa shape index (κ2) is 7.10. The summed E-state index contributed by atoms with van der Waals surface area (Å²) in [6.45, 7) is 4.86. The molecule has 0 spiro atoms. The van der Waals surface area contributed by atoms with E-state index in [0.717, 1.165) is 17.9 Å². The fourth-order valence-electron chi connectivity index (χ4n) is 3.53.